The highest BCUT2D eigenvalue weighted by molar-refractivity contribution is 5.93. The lowest BCUT2D eigenvalue weighted by Crippen LogP contribution is -2.35. The van der Waals surface area contributed by atoms with E-state index in [0.717, 1.165) is 12.2 Å². The number of carbonyl (C=O) groups is 2. The van der Waals surface area contributed by atoms with Crippen molar-refractivity contribution in [3.05, 3.63) is 29.8 Å². The van der Waals surface area contributed by atoms with Crippen molar-refractivity contribution in [3.8, 4) is 0 Å². The fraction of sp³-hybridized carbons (Fsp3) is 0.429. The first-order valence-corrected chi connectivity index (χ1v) is 6.07. The van der Waals surface area contributed by atoms with Crippen LogP contribution in [0, 0.1) is 0 Å². The van der Waals surface area contributed by atoms with Crippen LogP contribution < -0.4 is 4.90 Å². The minimum atomic E-state index is -0.380. The van der Waals surface area contributed by atoms with Crippen LogP contribution in [0.4, 0.5) is 5.69 Å². The molecule has 1 aromatic carbocycles. The minimum Gasteiger partial charge on any atom is -0.465 e. The summed E-state index contributed by atoms with van der Waals surface area (Å²) in [6, 6.07) is 6.83. The molecule has 5 nitrogen and oxygen atoms in total. The van der Waals surface area contributed by atoms with Gasteiger partial charge in [-0.1, -0.05) is 0 Å². The molecule has 0 aliphatic carbocycles. The van der Waals surface area contributed by atoms with E-state index in [0.29, 0.717) is 12.1 Å². The molecule has 0 bridgehead atoms. The Morgan fingerprint density at radius 3 is 2.11 bits per heavy atom. The van der Waals surface area contributed by atoms with E-state index in [9.17, 15) is 9.59 Å². The number of ether oxygens (including phenoxy) is 1. The predicted octanol–water partition coefficient (Wildman–Crippen LogP) is 1.39. The van der Waals surface area contributed by atoms with Gasteiger partial charge in [-0.2, -0.15) is 0 Å². The lowest BCUT2D eigenvalue weighted by atomic mass is 10.2. The second-order valence-corrected chi connectivity index (χ2v) is 4.51. The van der Waals surface area contributed by atoms with Gasteiger partial charge in [-0.15, -0.1) is 0 Å². The number of carbonyl (C=O) groups excluding carboxylic acids is 2. The van der Waals surface area contributed by atoms with Gasteiger partial charge >= 0.3 is 5.97 Å². The Morgan fingerprint density at radius 2 is 1.68 bits per heavy atom. The topological polar surface area (TPSA) is 49.9 Å². The normalized spacial score (nSPS) is 10.4. The zero-order valence-corrected chi connectivity index (χ0v) is 11.8. The van der Waals surface area contributed by atoms with Crippen LogP contribution in [0.2, 0.25) is 0 Å². The maximum absolute atomic E-state index is 11.6. The number of anilines is 1. The average molecular weight is 264 g/mol. The van der Waals surface area contributed by atoms with Crippen LogP contribution in [-0.4, -0.2) is 51.1 Å². The maximum Gasteiger partial charge on any atom is 0.337 e. The predicted molar refractivity (Wildman–Crippen MR) is 74.4 cm³/mol. The van der Waals surface area contributed by atoms with E-state index in [1.807, 2.05) is 19.0 Å². The molecule has 0 fully saturated rings. The third kappa shape index (κ3) is 4.37. The number of rotatable bonds is 5. The van der Waals surface area contributed by atoms with Crippen molar-refractivity contribution in [2.75, 3.05) is 39.2 Å². The van der Waals surface area contributed by atoms with Gasteiger partial charge in [-0.05, 0) is 38.4 Å². The molecular formula is C14H20N2O3. The van der Waals surface area contributed by atoms with Gasteiger partial charge in [-0.3, -0.25) is 4.79 Å². The summed E-state index contributed by atoms with van der Waals surface area (Å²) in [5, 5.41) is 0. The standard InChI is InChI=1S/C14H20N2O3/c1-11(17)16(10-9-15(2)3)13-7-5-12(6-8-13)14(18)19-4/h5-8H,9-10H2,1-4H3. The Kier molecular flexibility index (Phi) is 5.51. The second-order valence-electron chi connectivity index (χ2n) is 4.51. The van der Waals surface area contributed by atoms with Crippen LogP contribution in [0.25, 0.3) is 0 Å². The molecule has 0 aromatic heterocycles. The number of methoxy groups -OCH3 is 1. The Bertz CT molecular complexity index is 441. The maximum atomic E-state index is 11.6. The van der Waals surface area contributed by atoms with Crippen molar-refractivity contribution >= 4 is 17.6 Å². The van der Waals surface area contributed by atoms with Crippen molar-refractivity contribution in [1.82, 2.24) is 4.90 Å². The van der Waals surface area contributed by atoms with Gasteiger partial charge in [0.1, 0.15) is 0 Å². The number of amides is 1. The van der Waals surface area contributed by atoms with E-state index in [2.05, 4.69) is 4.74 Å². The van der Waals surface area contributed by atoms with Gasteiger partial charge in [0, 0.05) is 25.7 Å². The van der Waals surface area contributed by atoms with E-state index in [4.69, 9.17) is 0 Å². The molecule has 5 heteroatoms. The molecule has 1 rings (SSSR count). The van der Waals surface area contributed by atoms with Gasteiger partial charge in [0.2, 0.25) is 5.91 Å². The molecule has 19 heavy (non-hydrogen) atoms. The van der Waals surface area contributed by atoms with Crippen molar-refractivity contribution < 1.29 is 14.3 Å². The zero-order valence-electron chi connectivity index (χ0n) is 11.8. The number of esters is 1. The number of hydrogen-bond acceptors (Lipinski definition) is 4. The zero-order chi connectivity index (χ0) is 14.4. The Hall–Kier alpha value is -1.88. The Balaban J connectivity index is 2.85. The molecule has 0 heterocycles. The highest BCUT2D eigenvalue weighted by atomic mass is 16.5. The molecule has 0 saturated carbocycles. The van der Waals surface area contributed by atoms with E-state index >= 15 is 0 Å². The van der Waals surface area contributed by atoms with Gasteiger partial charge in [0.05, 0.1) is 12.7 Å². The molecule has 0 unspecified atom stereocenters. The van der Waals surface area contributed by atoms with E-state index in [1.54, 1.807) is 29.2 Å². The van der Waals surface area contributed by atoms with Crippen molar-refractivity contribution in [3.63, 3.8) is 0 Å². The monoisotopic (exact) mass is 264 g/mol. The summed E-state index contributed by atoms with van der Waals surface area (Å²) in [5.41, 5.74) is 1.25. The summed E-state index contributed by atoms with van der Waals surface area (Å²) in [4.78, 5) is 26.7. The summed E-state index contributed by atoms with van der Waals surface area (Å²) in [5.74, 6) is -0.401. The van der Waals surface area contributed by atoms with Crippen LogP contribution in [0.5, 0.6) is 0 Å². The summed E-state index contributed by atoms with van der Waals surface area (Å²) < 4.78 is 4.64. The first-order valence-electron chi connectivity index (χ1n) is 6.07. The lowest BCUT2D eigenvalue weighted by Gasteiger charge is -2.23. The van der Waals surface area contributed by atoms with Crippen LogP contribution in [0.3, 0.4) is 0 Å². The molecule has 104 valence electrons. The molecule has 0 radical (unpaired) electrons. The number of likely N-dealkylation sites (N-methyl/N-ethyl adjacent to an activating group) is 1. The molecule has 0 spiro atoms. The minimum absolute atomic E-state index is 0.0207. The first kappa shape index (κ1) is 15.2. The van der Waals surface area contributed by atoms with Gasteiger partial charge in [0.15, 0.2) is 0 Å². The Labute approximate surface area is 113 Å². The highest BCUT2D eigenvalue weighted by Crippen LogP contribution is 2.16. The third-order valence-corrected chi connectivity index (χ3v) is 2.75. The quantitative estimate of drug-likeness (QED) is 0.754. The number of hydrogen-bond donors (Lipinski definition) is 0. The first-order chi connectivity index (χ1) is 8.95. The number of benzene rings is 1. The smallest absolute Gasteiger partial charge is 0.337 e. The third-order valence-electron chi connectivity index (χ3n) is 2.75. The van der Waals surface area contributed by atoms with Gasteiger partial charge < -0.3 is 14.5 Å². The van der Waals surface area contributed by atoms with Gasteiger partial charge in [0.25, 0.3) is 0 Å². The Morgan fingerprint density at radius 1 is 1.11 bits per heavy atom. The van der Waals surface area contributed by atoms with Crippen LogP contribution in [0.1, 0.15) is 17.3 Å². The lowest BCUT2D eigenvalue weighted by molar-refractivity contribution is -0.116. The molecule has 0 aliphatic rings. The fourth-order valence-electron chi connectivity index (χ4n) is 1.66. The van der Waals surface area contributed by atoms with E-state index in [-0.39, 0.29) is 11.9 Å². The van der Waals surface area contributed by atoms with Crippen LogP contribution in [0.15, 0.2) is 24.3 Å². The van der Waals surface area contributed by atoms with Crippen LogP contribution in [-0.2, 0) is 9.53 Å². The van der Waals surface area contributed by atoms with E-state index in [1.165, 1.54) is 14.0 Å². The summed E-state index contributed by atoms with van der Waals surface area (Å²) in [7, 11) is 5.26. The molecular weight excluding hydrogens is 244 g/mol. The molecule has 1 amide bonds. The molecule has 0 atom stereocenters. The molecule has 1 aromatic rings. The van der Waals surface area contributed by atoms with Crippen LogP contribution >= 0.6 is 0 Å². The number of nitrogens with zero attached hydrogens (tertiary/aromatic N) is 2. The van der Waals surface area contributed by atoms with Crippen molar-refractivity contribution in [2.45, 2.75) is 6.92 Å². The highest BCUT2D eigenvalue weighted by Gasteiger charge is 2.12. The fourth-order valence-corrected chi connectivity index (χ4v) is 1.66. The SMILES string of the molecule is COC(=O)c1ccc(N(CCN(C)C)C(C)=O)cc1. The van der Waals surface area contributed by atoms with E-state index < -0.39 is 0 Å². The summed E-state index contributed by atoms with van der Waals surface area (Å²) >= 11 is 0. The van der Waals surface area contributed by atoms with Gasteiger partial charge in [-0.25, -0.2) is 4.79 Å². The molecule has 0 N–H and O–H groups in total. The molecule has 0 saturated heterocycles. The van der Waals surface area contributed by atoms with Crippen molar-refractivity contribution in [2.24, 2.45) is 0 Å². The second kappa shape index (κ2) is 6.89. The largest absolute Gasteiger partial charge is 0.465 e. The average Bonchev–Trinajstić information content (AvgIpc) is 2.38. The molecule has 0 aliphatic heterocycles. The summed E-state index contributed by atoms with van der Waals surface area (Å²) in [6.45, 7) is 2.92. The van der Waals surface area contributed by atoms with Crippen molar-refractivity contribution in [1.29, 1.82) is 0 Å². The summed E-state index contributed by atoms with van der Waals surface area (Å²) in [6.07, 6.45) is 0.